The third-order valence-electron chi connectivity index (χ3n) is 3.08. The normalized spacial score (nSPS) is 10.5. The summed E-state index contributed by atoms with van der Waals surface area (Å²) in [6.07, 6.45) is 0.907. The van der Waals surface area contributed by atoms with E-state index in [0.29, 0.717) is 6.61 Å². The van der Waals surface area contributed by atoms with Crippen LogP contribution >= 0.6 is 11.6 Å². The first-order chi connectivity index (χ1) is 9.79. The monoisotopic (exact) mass is 289 g/mol. The molecule has 0 saturated heterocycles. The van der Waals surface area contributed by atoms with Crippen molar-refractivity contribution in [2.75, 3.05) is 13.2 Å². The third kappa shape index (κ3) is 4.55. The van der Waals surface area contributed by atoms with Crippen LogP contribution in [0.25, 0.3) is 0 Å². The van der Waals surface area contributed by atoms with E-state index in [1.807, 2.05) is 36.4 Å². The lowest BCUT2D eigenvalue weighted by atomic mass is 10.1. The number of nitrogens with one attached hydrogen (secondary N) is 1. The van der Waals surface area contributed by atoms with Gasteiger partial charge in [-0.1, -0.05) is 48.9 Å². The van der Waals surface area contributed by atoms with Crippen molar-refractivity contribution in [2.24, 2.45) is 0 Å². The Kier molecular flexibility index (Phi) is 5.90. The van der Waals surface area contributed by atoms with E-state index in [-0.39, 0.29) is 0 Å². The molecule has 0 unspecified atom stereocenters. The molecule has 2 nitrogen and oxygen atoms in total. The molecular formula is C17H20ClNO. The molecule has 0 saturated carbocycles. The summed E-state index contributed by atoms with van der Waals surface area (Å²) in [5.41, 5.74) is 2.39. The van der Waals surface area contributed by atoms with E-state index < -0.39 is 0 Å². The van der Waals surface area contributed by atoms with Crippen molar-refractivity contribution in [1.82, 2.24) is 5.32 Å². The SMILES string of the molecule is CCNCc1cc(Cl)ccc1OCCc1ccccc1. The Morgan fingerprint density at radius 3 is 2.65 bits per heavy atom. The van der Waals surface area contributed by atoms with Gasteiger partial charge in [0.15, 0.2) is 0 Å². The molecule has 0 aromatic heterocycles. The molecule has 0 radical (unpaired) electrons. The van der Waals surface area contributed by atoms with Gasteiger partial charge in [0.2, 0.25) is 0 Å². The summed E-state index contributed by atoms with van der Waals surface area (Å²) in [7, 11) is 0. The van der Waals surface area contributed by atoms with E-state index in [1.165, 1.54) is 5.56 Å². The van der Waals surface area contributed by atoms with Crippen molar-refractivity contribution >= 4 is 11.6 Å². The Morgan fingerprint density at radius 2 is 1.90 bits per heavy atom. The quantitative estimate of drug-likeness (QED) is 0.829. The third-order valence-corrected chi connectivity index (χ3v) is 3.31. The van der Waals surface area contributed by atoms with Crippen molar-refractivity contribution in [3.8, 4) is 5.75 Å². The molecule has 1 N–H and O–H groups in total. The molecule has 2 aromatic rings. The van der Waals surface area contributed by atoms with Gasteiger partial charge in [-0.2, -0.15) is 0 Å². The Bertz CT molecular complexity index is 528. The number of hydrogen-bond acceptors (Lipinski definition) is 2. The van der Waals surface area contributed by atoms with Crippen molar-refractivity contribution in [3.05, 3.63) is 64.7 Å². The molecule has 0 aliphatic rings. The van der Waals surface area contributed by atoms with Gasteiger partial charge in [-0.05, 0) is 30.3 Å². The highest BCUT2D eigenvalue weighted by Gasteiger charge is 2.04. The van der Waals surface area contributed by atoms with Gasteiger partial charge in [-0.3, -0.25) is 0 Å². The Labute approximate surface area is 125 Å². The molecular weight excluding hydrogens is 270 g/mol. The molecule has 20 heavy (non-hydrogen) atoms. The molecule has 2 rings (SSSR count). The number of halogens is 1. The number of hydrogen-bond donors (Lipinski definition) is 1. The summed E-state index contributed by atoms with van der Waals surface area (Å²) in [6.45, 7) is 4.46. The average molecular weight is 290 g/mol. The van der Waals surface area contributed by atoms with Crippen molar-refractivity contribution in [1.29, 1.82) is 0 Å². The zero-order valence-corrected chi connectivity index (χ0v) is 12.5. The van der Waals surface area contributed by atoms with Crippen LogP contribution in [0, 0.1) is 0 Å². The van der Waals surface area contributed by atoms with Crippen molar-refractivity contribution in [2.45, 2.75) is 19.9 Å². The van der Waals surface area contributed by atoms with Crippen LogP contribution in [0.5, 0.6) is 5.75 Å². The number of benzene rings is 2. The van der Waals surface area contributed by atoms with Gasteiger partial charge in [-0.15, -0.1) is 0 Å². The lowest BCUT2D eigenvalue weighted by Crippen LogP contribution is -2.13. The highest BCUT2D eigenvalue weighted by molar-refractivity contribution is 6.30. The summed E-state index contributed by atoms with van der Waals surface area (Å²) in [4.78, 5) is 0. The smallest absolute Gasteiger partial charge is 0.123 e. The van der Waals surface area contributed by atoms with Crippen LogP contribution in [0.15, 0.2) is 48.5 Å². The minimum Gasteiger partial charge on any atom is -0.493 e. The lowest BCUT2D eigenvalue weighted by molar-refractivity contribution is 0.318. The predicted octanol–water partition coefficient (Wildman–Crippen LogP) is 4.07. The van der Waals surface area contributed by atoms with E-state index >= 15 is 0 Å². The number of rotatable bonds is 7. The summed E-state index contributed by atoms with van der Waals surface area (Å²) < 4.78 is 5.89. The van der Waals surface area contributed by atoms with Crippen LogP contribution in [-0.4, -0.2) is 13.2 Å². The largest absolute Gasteiger partial charge is 0.493 e. The van der Waals surface area contributed by atoms with Gasteiger partial charge in [0.1, 0.15) is 5.75 Å². The van der Waals surface area contributed by atoms with Gasteiger partial charge in [0.25, 0.3) is 0 Å². The van der Waals surface area contributed by atoms with Crippen molar-refractivity contribution < 1.29 is 4.74 Å². The lowest BCUT2D eigenvalue weighted by Gasteiger charge is -2.12. The Hall–Kier alpha value is -1.51. The molecule has 0 atom stereocenters. The highest BCUT2D eigenvalue weighted by Crippen LogP contribution is 2.23. The van der Waals surface area contributed by atoms with Gasteiger partial charge in [0, 0.05) is 23.6 Å². The first kappa shape index (κ1) is 14.9. The van der Waals surface area contributed by atoms with Gasteiger partial charge >= 0.3 is 0 Å². The molecule has 0 fully saturated rings. The molecule has 3 heteroatoms. The summed E-state index contributed by atoms with van der Waals surface area (Å²) in [5, 5.41) is 4.05. The second-order valence-corrected chi connectivity index (χ2v) is 5.05. The Balaban J connectivity index is 1.94. The van der Waals surface area contributed by atoms with Crippen LogP contribution < -0.4 is 10.1 Å². The van der Waals surface area contributed by atoms with Crippen LogP contribution in [-0.2, 0) is 13.0 Å². The van der Waals surface area contributed by atoms with Crippen LogP contribution in [0.4, 0.5) is 0 Å². The molecule has 0 bridgehead atoms. The van der Waals surface area contributed by atoms with Crippen LogP contribution in [0.1, 0.15) is 18.1 Å². The fourth-order valence-corrected chi connectivity index (χ4v) is 2.20. The molecule has 0 spiro atoms. The zero-order valence-electron chi connectivity index (χ0n) is 11.7. The zero-order chi connectivity index (χ0) is 14.2. The fourth-order valence-electron chi connectivity index (χ4n) is 2.01. The summed E-state index contributed by atoms with van der Waals surface area (Å²) in [6, 6.07) is 16.1. The van der Waals surface area contributed by atoms with Gasteiger partial charge < -0.3 is 10.1 Å². The number of ether oxygens (including phenoxy) is 1. The maximum atomic E-state index is 6.04. The standard InChI is InChI=1S/C17H20ClNO/c1-2-19-13-15-12-16(18)8-9-17(15)20-11-10-14-6-4-3-5-7-14/h3-9,12,19H,2,10-11,13H2,1H3. The van der Waals surface area contributed by atoms with Gasteiger partial charge in [0.05, 0.1) is 6.61 Å². The van der Waals surface area contributed by atoms with E-state index in [0.717, 1.165) is 35.8 Å². The minimum atomic E-state index is 0.671. The van der Waals surface area contributed by atoms with E-state index in [2.05, 4.69) is 24.4 Å². The van der Waals surface area contributed by atoms with E-state index in [1.54, 1.807) is 0 Å². The maximum absolute atomic E-state index is 6.04. The Morgan fingerprint density at radius 1 is 1.10 bits per heavy atom. The van der Waals surface area contributed by atoms with Gasteiger partial charge in [-0.25, -0.2) is 0 Å². The van der Waals surface area contributed by atoms with Crippen LogP contribution in [0.3, 0.4) is 0 Å². The minimum absolute atomic E-state index is 0.671. The molecule has 0 amide bonds. The second kappa shape index (κ2) is 7.93. The summed E-state index contributed by atoms with van der Waals surface area (Å²) in [5.74, 6) is 0.909. The predicted molar refractivity (Wildman–Crippen MR) is 84.5 cm³/mol. The highest BCUT2D eigenvalue weighted by atomic mass is 35.5. The molecule has 106 valence electrons. The van der Waals surface area contributed by atoms with E-state index in [4.69, 9.17) is 16.3 Å². The first-order valence-electron chi connectivity index (χ1n) is 6.95. The average Bonchev–Trinajstić information content (AvgIpc) is 2.48. The maximum Gasteiger partial charge on any atom is 0.123 e. The molecule has 0 aliphatic carbocycles. The first-order valence-corrected chi connectivity index (χ1v) is 7.33. The van der Waals surface area contributed by atoms with Crippen LogP contribution in [0.2, 0.25) is 5.02 Å². The fraction of sp³-hybridized carbons (Fsp3) is 0.294. The molecule has 0 heterocycles. The second-order valence-electron chi connectivity index (χ2n) is 4.62. The van der Waals surface area contributed by atoms with E-state index in [9.17, 15) is 0 Å². The molecule has 2 aromatic carbocycles. The molecule has 0 aliphatic heterocycles. The topological polar surface area (TPSA) is 21.3 Å². The van der Waals surface area contributed by atoms with Crippen molar-refractivity contribution in [3.63, 3.8) is 0 Å². The summed E-state index contributed by atoms with van der Waals surface area (Å²) >= 11 is 6.04.